The van der Waals surface area contributed by atoms with Gasteiger partial charge in [0.15, 0.2) is 5.78 Å². The van der Waals surface area contributed by atoms with Gasteiger partial charge in [0.1, 0.15) is 11.2 Å². The zero-order chi connectivity index (χ0) is 10.2. The first kappa shape index (κ1) is 10.7. The number of aliphatic imine (C=N–C) groups is 1. The van der Waals surface area contributed by atoms with Crippen LogP contribution in [0.5, 0.6) is 0 Å². The number of nitrogens with zero attached hydrogens (tertiary/aromatic N) is 1. The van der Waals surface area contributed by atoms with Crippen LogP contribution in [0.3, 0.4) is 0 Å². The minimum absolute atomic E-state index is 0.0816. The summed E-state index contributed by atoms with van der Waals surface area (Å²) in [6.45, 7) is 5.82. The highest BCUT2D eigenvalue weighted by molar-refractivity contribution is 6.76. The first-order valence-corrected chi connectivity index (χ1v) is 4.72. The van der Waals surface area contributed by atoms with Crippen LogP contribution in [-0.2, 0) is 4.79 Å². The van der Waals surface area contributed by atoms with Crippen molar-refractivity contribution in [3.8, 4) is 0 Å². The molecule has 0 spiro atoms. The number of halogens is 2. The van der Waals surface area contributed by atoms with Crippen molar-refractivity contribution in [2.24, 2.45) is 10.4 Å². The summed E-state index contributed by atoms with van der Waals surface area (Å²) in [5, 5.41) is 0.452. The number of carbonyl (C=O) groups excluding carboxylic acids is 1. The van der Waals surface area contributed by atoms with Gasteiger partial charge in [-0.1, -0.05) is 44.0 Å². The van der Waals surface area contributed by atoms with E-state index < -0.39 is 6.04 Å². The van der Waals surface area contributed by atoms with E-state index >= 15 is 0 Å². The van der Waals surface area contributed by atoms with Gasteiger partial charge in [0.25, 0.3) is 0 Å². The van der Waals surface area contributed by atoms with Crippen LogP contribution in [0.15, 0.2) is 16.1 Å². The quantitative estimate of drug-likeness (QED) is 0.617. The predicted molar refractivity (Wildman–Crippen MR) is 55.5 cm³/mol. The zero-order valence-corrected chi connectivity index (χ0v) is 9.28. The molecule has 72 valence electrons. The molecule has 0 fully saturated rings. The molecule has 0 aromatic rings. The Morgan fingerprint density at radius 3 is 2.38 bits per heavy atom. The molecule has 1 heterocycles. The molecule has 0 aromatic carbocycles. The molecule has 0 amide bonds. The third-order valence-electron chi connectivity index (χ3n) is 1.80. The Kier molecular flexibility index (Phi) is 2.83. The molecule has 13 heavy (non-hydrogen) atoms. The molecule has 1 atom stereocenters. The lowest BCUT2D eigenvalue weighted by Crippen LogP contribution is -2.34. The molecule has 0 saturated heterocycles. The van der Waals surface area contributed by atoms with Crippen LogP contribution in [0.4, 0.5) is 0 Å². The zero-order valence-electron chi connectivity index (χ0n) is 7.77. The van der Waals surface area contributed by atoms with Crippen molar-refractivity contribution in [1.82, 2.24) is 0 Å². The summed E-state index contributed by atoms with van der Waals surface area (Å²) >= 11 is 11.4. The molecular weight excluding hydrogens is 209 g/mol. The van der Waals surface area contributed by atoms with Crippen molar-refractivity contribution in [2.75, 3.05) is 0 Å². The molecule has 0 bridgehead atoms. The maximum Gasteiger partial charge on any atom is 0.182 e. The van der Waals surface area contributed by atoms with Gasteiger partial charge in [0, 0.05) is 6.08 Å². The van der Waals surface area contributed by atoms with Crippen LogP contribution in [0.25, 0.3) is 0 Å². The summed E-state index contributed by atoms with van der Waals surface area (Å²) in [5.74, 6) is -0.0816. The standard InChI is InChI=1S/C9H11Cl2NO/c1-9(2,3)7-6(13)4-5(10)8(11)12-7/h4,7H,1-3H3/t7-/m0/s1. The highest BCUT2D eigenvalue weighted by atomic mass is 35.5. The fourth-order valence-corrected chi connectivity index (χ4v) is 1.43. The van der Waals surface area contributed by atoms with Crippen LogP contribution in [0.1, 0.15) is 20.8 Å². The molecule has 0 saturated carbocycles. The van der Waals surface area contributed by atoms with E-state index in [9.17, 15) is 4.79 Å². The summed E-state index contributed by atoms with van der Waals surface area (Å²) in [6, 6.07) is -0.414. The highest BCUT2D eigenvalue weighted by Crippen LogP contribution is 2.28. The van der Waals surface area contributed by atoms with E-state index in [0.717, 1.165) is 0 Å². The Balaban J connectivity index is 3.01. The van der Waals surface area contributed by atoms with Crippen molar-refractivity contribution >= 4 is 34.2 Å². The van der Waals surface area contributed by atoms with Crippen LogP contribution in [0.2, 0.25) is 0 Å². The monoisotopic (exact) mass is 219 g/mol. The molecule has 0 aromatic heterocycles. The largest absolute Gasteiger partial charge is 0.292 e. The Hall–Kier alpha value is -0.340. The van der Waals surface area contributed by atoms with Crippen LogP contribution in [-0.4, -0.2) is 17.0 Å². The van der Waals surface area contributed by atoms with Crippen molar-refractivity contribution in [3.05, 3.63) is 11.1 Å². The fourth-order valence-electron chi connectivity index (χ4n) is 1.12. The molecule has 2 nitrogen and oxygen atoms in total. The minimum atomic E-state index is -0.414. The molecule has 4 heteroatoms. The lowest BCUT2D eigenvalue weighted by molar-refractivity contribution is -0.117. The second-order valence-electron chi connectivity index (χ2n) is 4.08. The van der Waals surface area contributed by atoms with E-state index in [1.807, 2.05) is 20.8 Å². The molecule has 1 rings (SSSR count). The predicted octanol–water partition coefficient (Wildman–Crippen LogP) is 2.74. The van der Waals surface area contributed by atoms with Crippen molar-refractivity contribution in [2.45, 2.75) is 26.8 Å². The normalized spacial score (nSPS) is 24.1. The smallest absolute Gasteiger partial charge is 0.182 e. The molecule has 0 aliphatic carbocycles. The van der Waals surface area contributed by atoms with E-state index in [1.54, 1.807) is 0 Å². The van der Waals surface area contributed by atoms with Crippen LogP contribution < -0.4 is 0 Å². The minimum Gasteiger partial charge on any atom is -0.292 e. The van der Waals surface area contributed by atoms with Crippen LogP contribution >= 0.6 is 23.2 Å². The second kappa shape index (κ2) is 3.43. The summed E-state index contributed by atoms with van der Waals surface area (Å²) < 4.78 is 0. The maximum atomic E-state index is 11.5. The van der Waals surface area contributed by atoms with E-state index in [4.69, 9.17) is 23.2 Å². The van der Waals surface area contributed by atoms with Crippen LogP contribution in [0, 0.1) is 5.41 Å². The van der Waals surface area contributed by atoms with Gasteiger partial charge in [-0.2, -0.15) is 0 Å². The third kappa shape index (κ3) is 2.32. The molecular formula is C9H11Cl2NO. The summed E-state index contributed by atoms with van der Waals surface area (Å²) in [6.07, 6.45) is 1.34. The van der Waals surface area contributed by atoms with Crippen molar-refractivity contribution in [3.63, 3.8) is 0 Å². The maximum absolute atomic E-state index is 11.5. The number of hydrogen-bond donors (Lipinski definition) is 0. The number of carbonyl (C=O) groups is 1. The number of ketones is 1. The van der Waals surface area contributed by atoms with Gasteiger partial charge in [0.05, 0.1) is 5.03 Å². The Morgan fingerprint density at radius 1 is 1.38 bits per heavy atom. The topological polar surface area (TPSA) is 29.4 Å². The van der Waals surface area contributed by atoms with Crippen molar-refractivity contribution in [1.29, 1.82) is 0 Å². The number of rotatable bonds is 0. The molecule has 1 aliphatic heterocycles. The average Bonchev–Trinajstić information content (AvgIpc) is 1.94. The molecule has 0 N–H and O–H groups in total. The number of hydrogen-bond acceptors (Lipinski definition) is 2. The van der Waals surface area contributed by atoms with Gasteiger partial charge in [-0.05, 0) is 5.41 Å². The SMILES string of the molecule is CC(C)(C)[C@H]1N=C(Cl)C(Cl)=CC1=O. The van der Waals surface area contributed by atoms with Gasteiger partial charge in [-0.15, -0.1) is 0 Å². The first-order valence-electron chi connectivity index (χ1n) is 3.97. The molecule has 0 unspecified atom stereocenters. The lowest BCUT2D eigenvalue weighted by Gasteiger charge is -2.27. The van der Waals surface area contributed by atoms with E-state index in [2.05, 4.69) is 4.99 Å². The fraction of sp³-hybridized carbons (Fsp3) is 0.556. The number of dihydropyridines is 1. The lowest BCUT2D eigenvalue weighted by atomic mass is 9.84. The van der Waals surface area contributed by atoms with Gasteiger partial charge >= 0.3 is 0 Å². The van der Waals surface area contributed by atoms with Gasteiger partial charge < -0.3 is 0 Å². The summed E-state index contributed by atoms with van der Waals surface area (Å²) in [7, 11) is 0. The summed E-state index contributed by atoms with van der Waals surface area (Å²) in [5.41, 5.74) is -0.217. The molecule has 0 radical (unpaired) electrons. The van der Waals surface area contributed by atoms with E-state index in [1.165, 1.54) is 6.08 Å². The summed E-state index contributed by atoms with van der Waals surface area (Å²) in [4.78, 5) is 15.5. The average molecular weight is 220 g/mol. The van der Waals surface area contributed by atoms with Crippen molar-refractivity contribution < 1.29 is 4.79 Å². The first-order chi connectivity index (χ1) is 5.82. The van der Waals surface area contributed by atoms with Gasteiger partial charge in [-0.3, -0.25) is 9.79 Å². The van der Waals surface area contributed by atoms with E-state index in [-0.39, 0.29) is 21.4 Å². The van der Waals surface area contributed by atoms with Gasteiger partial charge in [-0.25, -0.2) is 0 Å². The Bertz CT molecular complexity index is 299. The Morgan fingerprint density at radius 2 is 1.92 bits per heavy atom. The third-order valence-corrected chi connectivity index (χ3v) is 2.48. The highest BCUT2D eigenvalue weighted by Gasteiger charge is 2.32. The molecule has 1 aliphatic rings. The number of allylic oxidation sites excluding steroid dienone is 1. The van der Waals surface area contributed by atoms with E-state index in [0.29, 0.717) is 0 Å². The Labute approximate surface area is 87.6 Å². The van der Waals surface area contributed by atoms with Gasteiger partial charge in [0.2, 0.25) is 0 Å². The second-order valence-corrected chi connectivity index (χ2v) is 4.85.